The first-order chi connectivity index (χ1) is 13.5. The van der Waals surface area contributed by atoms with Crippen LogP contribution in [0.3, 0.4) is 0 Å². The fourth-order valence-corrected chi connectivity index (χ4v) is 3.34. The summed E-state index contributed by atoms with van der Waals surface area (Å²) in [7, 11) is 0. The lowest BCUT2D eigenvalue weighted by Gasteiger charge is -2.12. The lowest BCUT2D eigenvalue weighted by molar-refractivity contribution is -0.575. The van der Waals surface area contributed by atoms with Crippen molar-refractivity contribution in [2.75, 3.05) is 5.32 Å². The first-order valence-corrected chi connectivity index (χ1v) is 9.85. The first kappa shape index (κ1) is 20.1. The van der Waals surface area contributed by atoms with Crippen molar-refractivity contribution in [1.29, 1.82) is 0 Å². The Morgan fingerprint density at radius 3 is 2.36 bits per heavy atom. The van der Waals surface area contributed by atoms with Crippen molar-refractivity contribution in [2.45, 2.75) is 20.3 Å². The van der Waals surface area contributed by atoms with Gasteiger partial charge in [-0.2, -0.15) is 4.57 Å². The largest absolute Gasteiger partial charge is 0.502 e. The number of nitrogens with zero attached hydrogens (tertiary/aromatic N) is 1. The lowest BCUT2D eigenvalue weighted by Crippen LogP contribution is -2.38. The number of aliphatic hydroxyl groups is 1. The predicted octanol–water partition coefficient (Wildman–Crippen LogP) is 5.82. The second-order valence-electron chi connectivity index (χ2n) is 6.40. The molecule has 3 nitrogen and oxygen atoms in total. The van der Waals surface area contributed by atoms with Gasteiger partial charge in [0.15, 0.2) is 23.1 Å². The van der Waals surface area contributed by atoms with Gasteiger partial charge >= 0.3 is 0 Å². The zero-order chi connectivity index (χ0) is 20.1. The molecule has 2 aromatic carbocycles. The maximum absolute atomic E-state index is 11.1. The Morgan fingerprint density at radius 1 is 1.04 bits per heavy atom. The second kappa shape index (κ2) is 9.00. The third-order valence-electron chi connectivity index (χ3n) is 4.56. The number of hydrogen-bond acceptors (Lipinski definition) is 2. The highest BCUT2D eigenvalue weighted by molar-refractivity contribution is 7.81. The van der Waals surface area contributed by atoms with Crippen LogP contribution >= 0.6 is 23.8 Å². The van der Waals surface area contributed by atoms with Gasteiger partial charge in [0.2, 0.25) is 0 Å². The van der Waals surface area contributed by atoms with Gasteiger partial charge in [0.05, 0.1) is 0 Å². The van der Waals surface area contributed by atoms with Crippen molar-refractivity contribution in [3.8, 4) is 0 Å². The number of rotatable bonds is 5. The number of pyridine rings is 1. The number of halogens is 1. The Hall–Kier alpha value is -2.69. The van der Waals surface area contributed by atoms with Gasteiger partial charge in [-0.05, 0) is 36.6 Å². The number of aliphatic hydroxyl groups excluding tert-OH is 1. The van der Waals surface area contributed by atoms with Gasteiger partial charge in [-0.15, -0.1) is 0 Å². The molecule has 0 spiro atoms. The van der Waals surface area contributed by atoms with Crippen LogP contribution in [0, 0.1) is 6.92 Å². The van der Waals surface area contributed by atoms with Gasteiger partial charge in [-0.1, -0.05) is 67.1 Å². The number of benzene rings is 2. The van der Waals surface area contributed by atoms with Gasteiger partial charge in [0.25, 0.3) is 5.70 Å². The average Bonchev–Trinajstić information content (AvgIpc) is 2.72. The highest BCUT2D eigenvalue weighted by Crippen LogP contribution is 2.25. The molecule has 0 aliphatic rings. The van der Waals surface area contributed by atoms with Crippen LogP contribution in [0.2, 0.25) is 5.02 Å². The summed E-state index contributed by atoms with van der Waals surface area (Å²) in [6, 6.07) is 19.1. The number of anilines is 1. The van der Waals surface area contributed by atoms with Crippen molar-refractivity contribution in [3.05, 3.63) is 94.8 Å². The minimum atomic E-state index is 0.107. The molecule has 0 amide bonds. The smallest absolute Gasteiger partial charge is 0.288 e. The first-order valence-electron chi connectivity index (χ1n) is 9.07. The van der Waals surface area contributed by atoms with Gasteiger partial charge in [-0.25, -0.2) is 0 Å². The van der Waals surface area contributed by atoms with E-state index in [9.17, 15) is 5.11 Å². The molecule has 1 heterocycles. The van der Waals surface area contributed by atoms with Crippen LogP contribution in [0.1, 0.15) is 23.6 Å². The summed E-state index contributed by atoms with van der Waals surface area (Å²) < 4.78 is 1.80. The molecular weight excluding hydrogens is 388 g/mol. The van der Waals surface area contributed by atoms with E-state index in [0.717, 1.165) is 17.7 Å². The fourth-order valence-electron chi connectivity index (χ4n) is 2.85. The van der Waals surface area contributed by atoms with E-state index in [4.69, 9.17) is 23.8 Å². The lowest BCUT2D eigenvalue weighted by atomic mass is 10.1. The molecule has 1 aromatic heterocycles. The molecule has 142 valence electrons. The fraction of sp³-hybridized carbons (Fsp3) is 0.130. The van der Waals surface area contributed by atoms with Crippen molar-refractivity contribution < 1.29 is 9.67 Å². The molecule has 28 heavy (non-hydrogen) atoms. The van der Waals surface area contributed by atoms with E-state index in [1.807, 2.05) is 80.0 Å². The summed E-state index contributed by atoms with van der Waals surface area (Å²) in [5.74, 6) is 0.107. The normalized spacial score (nSPS) is 11.7. The van der Waals surface area contributed by atoms with Crippen LogP contribution in [0.5, 0.6) is 0 Å². The molecule has 0 unspecified atom stereocenters. The van der Waals surface area contributed by atoms with E-state index >= 15 is 0 Å². The Bertz CT molecular complexity index is 1010. The number of hydrogen-bond donors (Lipinski definition) is 2. The molecule has 0 atom stereocenters. The topological polar surface area (TPSA) is 36.1 Å². The van der Waals surface area contributed by atoms with Gasteiger partial charge in [0.1, 0.15) is 0 Å². The molecule has 0 aliphatic carbocycles. The van der Waals surface area contributed by atoms with Crippen LogP contribution in [0.4, 0.5) is 5.69 Å². The number of aryl methyl sites for hydroxylation is 1. The monoisotopic (exact) mass is 409 g/mol. The maximum atomic E-state index is 11.1. The third kappa shape index (κ3) is 4.41. The molecule has 0 saturated heterocycles. The van der Waals surface area contributed by atoms with E-state index < -0.39 is 0 Å². The number of thiocarbonyl (C=S) groups is 1. The summed E-state index contributed by atoms with van der Waals surface area (Å²) in [6.45, 7) is 4.03. The molecule has 0 aliphatic heterocycles. The van der Waals surface area contributed by atoms with Crippen molar-refractivity contribution >= 4 is 46.0 Å². The Labute approximate surface area is 175 Å². The van der Waals surface area contributed by atoms with E-state index in [2.05, 4.69) is 12.2 Å². The minimum absolute atomic E-state index is 0.107. The average molecular weight is 410 g/mol. The SMILES string of the molecule is CCc1ccc(/C(O)=C(/C(=S)Nc2cccc(Cl)c2C)[n+]2ccccc2)cc1. The zero-order valence-electron chi connectivity index (χ0n) is 15.8. The van der Waals surface area contributed by atoms with Crippen LogP contribution < -0.4 is 9.88 Å². The van der Waals surface area contributed by atoms with E-state index in [1.165, 1.54) is 5.56 Å². The van der Waals surface area contributed by atoms with Crippen molar-refractivity contribution in [1.82, 2.24) is 0 Å². The molecule has 3 rings (SSSR count). The molecule has 0 fully saturated rings. The summed E-state index contributed by atoms with van der Waals surface area (Å²) in [5, 5.41) is 15.0. The Kier molecular flexibility index (Phi) is 6.45. The van der Waals surface area contributed by atoms with E-state index in [0.29, 0.717) is 21.3 Å². The van der Waals surface area contributed by atoms with Crippen LogP contribution in [-0.4, -0.2) is 10.1 Å². The molecule has 0 bridgehead atoms. The number of nitrogens with one attached hydrogen (secondary N) is 1. The van der Waals surface area contributed by atoms with Gasteiger partial charge < -0.3 is 10.4 Å². The highest BCUT2D eigenvalue weighted by Gasteiger charge is 2.24. The van der Waals surface area contributed by atoms with Gasteiger partial charge in [0, 0.05) is 28.4 Å². The third-order valence-corrected chi connectivity index (χ3v) is 5.27. The second-order valence-corrected chi connectivity index (χ2v) is 7.21. The molecule has 2 N–H and O–H groups in total. The molecular formula is C23H22ClN2OS+. The van der Waals surface area contributed by atoms with Crippen molar-refractivity contribution in [2.24, 2.45) is 0 Å². The highest BCUT2D eigenvalue weighted by atomic mass is 35.5. The summed E-state index contributed by atoms with van der Waals surface area (Å²) in [6.07, 6.45) is 4.65. The molecule has 5 heteroatoms. The molecule has 3 aromatic rings. The van der Waals surface area contributed by atoms with Crippen LogP contribution in [0.25, 0.3) is 11.5 Å². The number of aromatic nitrogens is 1. The Balaban J connectivity index is 2.06. The summed E-state index contributed by atoms with van der Waals surface area (Å²) in [4.78, 5) is 0.402. The Morgan fingerprint density at radius 2 is 1.71 bits per heavy atom. The minimum Gasteiger partial charge on any atom is -0.502 e. The van der Waals surface area contributed by atoms with E-state index in [-0.39, 0.29) is 5.76 Å². The van der Waals surface area contributed by atoms with Gasteiger partial charge in [-0.3, -0.25) is 0 Å². The predicted molar refractivity (Wildman–Crippen MR) is 121 cm³/mol. The van der Waals surface area contributed by atoms with E-state index in [1.54, 1.807) is 4.57 Å². The molecule has 0 saturated carbocycles. The quantitative estimate of drug-likeness (QED) is 0.241. The zero-order valence-corrected chi connectivity index (χ0v) is 17.4. The van der Waals surface area contributed by atoms with Crippen molar-refractivity contribution in [3.63, 3.8) is 0 Å². The molecule has 0 radical (unpaired) electrons. The maximum Gasteiger partial charge on any atom is 0.288 e. The summed E-state index contributed by atoms with van der Waals surface area (Å²) >= 11 is 11.9. The standard InChI is InChI=1S/C23H21ClN2OS/c1-3-17-10-12-18(13-11-17)22(27)21(26-14-5-4-6-15-26)23(28)25-20-9-7-8-19(24)16(20)2/h4-15H,3H2,1-2H3,(H-,25,27,28)/p+1. The van der Waals surface area contributed by atoms with Crippen LogP contribution in [0.15, 0.2) is 73.1 Å². The summed E-state index contributed by atoms with van der Waals surface area (Å²) in [5.41, 5.74) is 4.12. The van der Waals surface area contributed by atoms with Crippen LogP contribution in [-0.2, 0) is 6.42 Å².